The minimum atomic E-state index is -5.08. The molecule has 0 spiro atoms. The Morgan fingerprint density at radius 2 is 1.72 bits per heavy atom. The quantitative estimate of drug-likeness (QED) is 0.775. The van der Waals surface area contributed by atoms with Gasteiger partial charge in [-0.2, -0.15) is 13.2 Å². The Bertz CT molecular complexity index is 954. The van der Waals surface area contributed by atoms with Gasteiger partial charge in [-0.3, -0.25) is 14.6 Å². The van der Waals surface area contributed by atoms with Gasteiger partial charge in [0.1, 0.15) is 0 Å². The highest BCUT2D eigenvalue weighted by Gasteiger charge is 2.48. The molecular formula is C22H22F3N3O4. The molecule has 0 aliphatic carbocycles. The lowest BCUT2D eigenvalue weighted by molar-refractivity contribution is -0.192. The van der Waals surface area contributed by atoms with Crippen molar-refractivity contribution < 1.29 is 32.7 Å². The molecule has 7 nitrogen and oxygen atoms in total. The summed E-state index contributed by atoms with van der Waals surface area (Å²) in [6.45, 7) is 1.31. The van der Waals surface area contributed by atoms with Crippen molar-refractivity contribution in [3.05, 3.63) is 66.0 Å². The van der Waals surface area contributed by atoms with Crippen LogP contribution in [0.2, 0.25) is 0 Å². The Balaban J connectivity index is 0.000000360. The third-order valence-corrected chi connectivity index (χ3v) is 5.45. The van der Waals surface area contributed by atoms with Crippen molar-refractivity contribution in [2.75, 3.05) is 6.54 Å². The number of carboxylic acid groups (broad SMARTS) is 1. The number of nitrogens with zero attached hydrogens (tertiary/aromatic N) is 3. The van der Waals surface area contributed by atoms with Gasteiger partial charge in [-0.25, -0.2) is 4.79 Å². The molecule has 2 fully saturated rings. The van der Waals surface area contributed by atoms with Crippen molar-refractivity contribution in [1.29, 1.82) is 0 Å². The van der Waals surface area contributed by atoms with E-state index in [1.54, 1.807) is 12.4 Å². The summed E-state index contributed by atoms with van der Waals surface area (Å²) < 4.78 is 31.7. The van der Waals surface area contributed by atoms with Crippen LogP contribution in [0.3, 0.4) is 0 Å². The third-order valence-electron chi connectivity index (χ3n) is 5.45. The summed E-state index contributed by atoms with van der Waals surface area (Å²) in [6, 6.07) is 13.8. The zero-order chi connectivity index (χ0) is 23.3. The number of halogens is 3. The van der Waals surface area contributed by atoms with Crippen molar-refractivity contribution in [1.82, 2.24) is 14.8 Å². The number of rotatable bonds is 4. The van der Waals surface area contributed by atoms with Crippen LogP contribution in [0.15, 0.2) is 54.9 Å². The number of carbonyl (C=O) groups excluding carboxylic acids is 2. The third kappa shape index (κ3) is 5.63. The van der Waals surface area contributed by atoms with Gasteiger partial charge in [-0.15, -0.1) is 0 Å². The minimum absolute atomic E-state index is 0.0142. The molecule has 2 saturated heterocycles. The van der Waals surface area contributed by atoms with Gasteiger partial charge in [0.2, 0.25) is 11.8 Å². The second kappa shape index (κ2) is 9.80. The molecule has 0 unspecified atom stereocenters. The summed E-state index contributed by atoms with van der Waals surface area (Å²) in [5.74, 6) is -2.50. The summed E-state index contributed by atoms with van der Waals surface area (Å²) in [7, 11) is 0. The van der Waals surface area contributed by atoms with Crippen LogP contribution in [0.1, 0.15) is 24.0 Å². The lowest BCUT2D eigenvalue weighted by Crippen LogP contribution is -2.40. The van der Waals surface area contributed by atoms with Crippen LogP contribution in [0.25, 0.3) is 0 Å². The van der Waals surface area contributed by atoms with Gasteiger partial charge in [0.05, 0.1) is 18.5 Å². The second-order valence-corrected chi connectivity index (χ2v) is 7.56. The molecule has 1 N–H and O–H groups in total. The molecule has 3 heterocycles. The van der Waals surface area contributed by atoms with Crippen molar-refractivity contribution >= 4 is 17.8 Å². The molecule has 2 atom stereocenters. The number of benzene rings is 1. The Morgan fingerprint density at radius 3 is 2.31 bits per heavy atom. The molecule has 1 aromatic carbocycles. The lowest BCUT2D eigenvalue weighted by atomic mass is 10.1. The van der Waals surface area contributed by atoms with Crippen molar-refractivity contribution in [2.24, 2.45) is 0 Å². The van der Waals surface area contributed by atoms with Crippen LogP contribution in [-0.2, 0) is 27.3 Å². The molecule has 2 aliphatic heterocycles. The van der Waals surface area contributed by atoms with Gasteiger partial charge in [0.15, 0.2) is 0 Å². The van der Waals surface area contributed by atoms with E-state index in [1.807, 2.05) is 52.3 Å². The maximum Gasteiger partial charge on any atom is 0.490 e. The van der Waals surface area contributed by atoms with Gasteiger partial charge in [0, 0.05) is 31.9 Å². The maximum absolute atomic E-state index is 12.7. The SMILES string of the molecule is O=C(O)C(F)(F)F.O=C1C[C@H]2[C@@H](CCN2C(=O)Cc2ccccc2)N1Cc1cccnc1. The number of pyridine rings is 1. The highest BCUT2D eigenvalue weighted by Crippen LogP contribution is 2.33. The number of hydrogen-bond donors (Lipinski definition) is 1. The molecule has 4 rings (SSSR count). The van der Waals surface area contributed by atoms with E-state index in [9.17, 15) is 22.8 Å². The number of likely N-dealkylation sites (tertiary alicyclic amines) is 2. The predicted molar refractivity (Wildman–Crippen MR) is 107 cm³/mol. The molecule has 1 aromatic heterocycles. The average molecular weight is 449 g/mol. The van der Waals surface area contributed by atoms with E-state index in [2.05, 4.69) is 4.98 Å². The van der Waals surface area contributed by atoms with E-state index in [4.69, 9.17) is 9.90 Å². The van der Waals surface area contributed by atoms with E-state index < -0.39 is 12.1 Å². The summed E-state index contributed by atoms with van der Waals surface area (Å²) >= 11 is 0. The first-order valence-electron chi connectivity index (χ1n) is 9.98. The molecular weight excluding hydrogens is 427 g/mol. The van der Waals surface area contributed by atoms with Gasteiger partial charge in [-0.1, -0.05) is 36.4 Å². The minimum Gasteiger partial charge on any atom is -0.475 e. The predicted octanol–water partition coefficient (Wildman–Crippen LogP) is 2.66. The fraction of sp³-hybridized carbons (Fsp3) is 0.364. The summed E-state index contributed by atoms with van der Waals surface area (Å²) in [4.78, 5) is 42.1. The zero-order valence-corrected chi connectivity index (χ0v) is 17.0. The van der Waals surface area contributed by atoms with E-state index in [0.717, 1.165) is 24.1 Å². The standard InChI is InChI=1S/C20H21N3O2.C2HF3O2/c24-19(11-15-5-2-1-3-6-15)22-10-8-17-18(22)12-20(25)23(17)14-16-7-4-9-21-13-16;3-2(4,5)1(6)7/h1-7,9,13,17-18H,8,10-12,14H2;(H,6,7)/t17-,18+;/m1./s1. The molecule has 0 radical (unpaired) electrons. The molecule has 10 heteroatoms. The van der Waals surface area contributed by atoms with Gasteiger partial charge >= 0.3 is 12.1 Å². The van der Waals surface area contributed by atoms with Crippen LogP contribution in [0, 0.1) is 0 Å². The topological polar surface area (TPSA) is 90.8 Å². The number of aromatic nitrogens is 1. The highest BCUT2D eigenvalue weighted by molar-refractivity contribution is 5.84. The molecule has 2 aromatic rings. The lowest BCUT2D eigenvalue weighted by Gasteiger charge is -2.25. The van der Waals surface area contributed by atoms with Gasteiger partial charge in [0.25, 0.3) is 0 Å². The number of alkyl halides is 3. The summed E-state index contributed by atoms with van der Waals surface area (Å²) in [5.41, 5.74) is 2.05. The molecule has 2 aliphatic rings. The number of hydrogen-bond acceptors (Lipinski definition) is 4. The van der Waals surface area contributed by atoms with Gasteiger partial charge < -0.3 is 14.9 Å². The van der Waals surface area contributed by atoms with Crippen LogP contribution in [0.4, 0.5) is 13.2 Å². The van der Waals surface area contributed by atoms with Crippen molar-refractivity contribution in [3.63, 3.8) is 0 Å². The van der Waals surface area contributed by atoms with E-state index in [0.29, 0.717) is 19.4 Å². The number of fused-ring (bicyclic) bond motifs is 1. The molecule has 32 heavy (non-hydrogen) atoms. The summed E-state index contributed by atoms with van der Waals surface area (Å²) in [5, 5.41) is 7.12. The normalized spacial score (nSPS) is 19.9. The average Bonchev–Trinajstić information content (AvgIpc) is 3.29. The first-order chi connectivity index (χ1) is 15.2. The van der Waals surface area contributed by atoms with Crippen LogP contribution >= 0.6 is 0 Å². The highest BCUT2D eigenvalue weighted by atomic mass is 19.4. The fourth-order valence-electron chi connectivity index (χ4n) is 4.00. The largest absolute Gasteiger partial charge is 0.490 e. The van der Waals surface area contributed by atoms with E-state index in [1.165, 1.54) is 0 Å². The first kappa shape index (κ1) is 23.2. The number of aliphatic carboxylic acids is 1. The first-order valence-corrected chi connectivity index (χ1v) is 9.98. The second-order valence-electron chi connectivity index (χ2n) is 7.56. The summed E-state index contributed by atoms with van der Waals surface area (Å²) in [6.07, 6.45) is 0.148. The van der Waals surface area contributed by atoms with Gasteiger partial charge in [-0.05, 0) is 23.6 Å². The number of amides is 2. The number of carbonyl (C=O) groups is 3. The zero-order valence-electron chi connectivity index (χ0n) is 17.0. The Kier molecular flexibility index (Phi) is 7.12. The monoisotopic (exact) mass is 449 g/mol. The smallest absolute Gasteiger partial charge is 0.475 e. The van der Waals surface area contributed by atoms with Crippen molar-refractivity contribution in [3.8, 4) is 0 Å². The molecule has 0 bridgehead atoms. The molecule has 0 saturated carbocycles. The van der Waals surface area contributed by atoms with Crippen LogP contribution < -0.4 is 0 Å². The fourth-order valence-corrected chi connectivity index (χ4v) is 4.00. The van der Waals surface area contributed by atoms with E-state index in [-0.39, 0.29) is 23.9 Å². The van der Waals surface area contributed by atoms with Crippen molar-refractivity contribution in [2.45, 2.75) is 44.1 Å². The number of carboxylic acids is 1. The maximum atomic E-state index is 12.7. The molecule has 2 amide bonds. The Labute approximate surface area is 182 Å². The van der Waals surface area contributed by atoms with E-state index >= 15 is 0 Å². The van der Waals surface area contributed by atoms with Crippen LogP contribution in [0.5, 0.6) is 0 Å². The Hall–Kier alpha value is -3.43. The van der Waals surface area contributed by atoms with Crippen LogP contribution in [-0.4, -0.2) is 62.5 Å². The Morgan fingerprint density at radius 1 is 1.06 bits per heavy atom. The molecule has 170 valence electrons.